The lowest BCUT2D eigenvalue weighted by Gasteiger charge is -2.27. The van der Waals surface area contributed by atoms with Crippen LogP contribution in [0.2, 0.25) is 0 Å². The lowest BCUT2D eigenvalue weighted by molar-refractivity contribution is -0.138. The van der Waals surface area contributed by atoms with E-state index in [1.807, 2.05) is 44.2 Å². The minimum absolute atomic E-state index is 0.0215. The molecule has 0 saturated carbocycles. The Balaban J connectivity index is 1.58. The van der Waals surface area contributed by atoms with Crippen molar-refractivity contribution in [2.45, 2.75) is 50.9 Å². The van der Waals surface area contributed by atoms with Crippen LogP contribution in [0.4, 0.5) is 8.78 Å². The Morgan fingerprint density at radius 3 is 2.51 bits per heavy atom. The van der Waals surface area contributed by atoms with E-state index in [0.717, 1.165) is 5.56 Å². The van der Waals surface area contributed by atoms with Crippen LogP contribution in [-0.4, -0.2) is 40.5 Å². The fourth-order valence-electron chi connectivity index (χ4n) is 4.52. The molecule has 2 amide bonds. The van der Waals surface area contributed by atoms with Crippen LogP contribution in [0.15, 0.2) is 73.1 Å². The number of likely N-dealkylation sites (tertiary alicyclic amines) is 1. The number of hydrogen-bond donors (Lipinski definition) is 1. The van der Waals surface area contributed by atoms with Gasteiger partial charge in [-0.25, -0.2) is 8.78 Å². The van der Waals surface area contributed by atoms with Crippen LogP contribution in [0.25, 0.3) is 0 Å². The van der Waals surface area contributed by atoms with Gasteiger partial charge in [-0.2, -0.15) is 0 Å². The van der Waals surface area contributed by atoms with Crippen molar-refractivity contribution in [1.29, 1.82) is 0 Å². The molecule has 1 N–H and O–H groups in total. The molecule has 3 atom stereocenters. The van der Waals surface area contributed by atoms with Crippen molar-refractivity contribution in [3.8, 4) is 0 Å². The van der Waals surface area contributed by atoms with Crippen LogP contribution in [0.1, 0.15) is 54.5 Å². The van der Waals surface area contributed by atoms with Gasteiger partial charge in [-0.15, -0.1) is 0 Å². The Kier molecular flexibility index (Phi) is 7.54. The molecule has 0 radical (unpaired) electrons. The van der Waals surface area contributed by atoms with Gasteiger partial charge in [0.1, 0.15) is 18.0 Å². The number of carbonyl (C=O) groups excluding carboxylic acids is 2. The largest absolute Gasteiger partial charge is 0.343 e. The van der Waals surface area contributed by atoms with Crippen LogP contribution in [0, 0.1) is 5.82 Å². The molecule has 2 heterocycles. The van der Waals surface area contributed by atoms with Crippen molar-refractivity contribution in [1.82, 2.24) is 15.2 Å². The highest BCUT2D eigenvalue weighted by Gasteiger charge is 2.40. The number of halogens is 2. The predicted octanol–water partition coefficient (Wildman–Crippen LogP) is 4.73. The average Bonchev–Trinajstić information content (AvgIpc) is 3.25. The molecule has 2 aromatic carbocycles. The zero-order chi connectivity index (χ0) is 24.9. The number of nitrogens with zero attached hydrogens (tertiary/aromatic N) is 2. The van der Waals surface area contributed by atoms with E-state index in [9.17, 15) is 18.4 Å². The molecule has 0 aliphatic carbocycles. The van der Waals surface area contributed by atoms with Crippen molar-refractivity contribution in [2.24, 2.45) is 0 Å². The van der Waals surface area contributed by atoms with Gasteiger partial charge in [-0.05, 0) is 40.3 Å². The van der Waals surface area contributed by atoms with Crippen LogP contribution >= 0.6 is 0 Å². The Morgan fingerprint density at radius 2 is 1.86 bits per heavy atom. The van der Waals surface area contributed by atoms with Gasteiger partial charge >= 0.3 is 0 Å². The summed E-state index contributed by atoms with van der Waals surface area (Å²) in [6.45, 7) is 3.70. The van der Waals surface area contributed by atoms with Gasteiger partial charge in [-0.3, -0.25) is 14.6 Å². The summed E-state index contributed by atoms with van der Waals surface area (Å²) in [6.07, 6.45) is 1.86. The Hall–Kier alpha value is -3.61. The number of nitrogens with one attached hydrogen (secondary N) is 1. The van der Waals surface area contributed by atoms with Gasteiger partial charge in [0.05, 0.1) is 19.0 Å². The van der Waals surface area contributed by atoms with Crippen molar-refractivity contribution in [3.05, 3.63) is 101 Å². The third-order valence-corrected chi connectivity index (χ3v) is 6.35. The summed E-state index contributed by atoms with van der Waals surface area (Å²) in [5.74, 6) is -1.12. The number of alkyl halides is 1. The summed E-state index contributed by atoms with van der Waals surface area (Å²) >= 11 is 0. The topological polar surface area (TPSA) is 62.3 Å². The van der Waals surface area contributed by atoms with Crippen molar-refractivity contribution in [3.63, 3.8) is 0 Å². The zero-order valence-corrected chi connectivity index (χ0v) is 19.8. The highest BCUT2D eigenvalue weighted by Crippen LogP contribution is 2.28. The van der Waals surface area contributed by atoms with Crippen LogP contribution in [-0.2, 0) is 16.0 Å². The number of pyridine rings is 1. The molecule has 182 valence electrons. The average molecular weight is 478 g/mol. The van der Waals surface area contributed by atoms with Gasteiger partial charge < -0.3 is 10.2 Å². The lowest BCUT2D eigenvalue weighted by atomic mass is 9.94. The summed E-state index contributed by atoms with van der Waals surface area (Å²) in [5, 5.41) is 2.96. The third-order valence-electron chi connectivity index (χ3n) is 6.35. The molecule has 35 heavy (non-hydrogen) atoms. The van der Waals surface area contributed by atoms with Crippen LogP contribution < -0.4 is 5.32 Å². The maximum absolute atomic E-state index is 14.8. The summed E-state index contributed by atoms with van der Waals surface area (Å²) in [7, 11) is 0. The molecule has 1 aliphatic rings. The van der Waals surface area contributed by atoms with E-state index in [1.165, 1.54) is 11.0 Å². The standard InChI is InChI=1S/C28H29F2N3O2/c1-18(2)23-11-10-21(14-24(23)30)27(20-8-4-3-5-9-20)32-28(35)25-15-22(29)17-33(25)26(34)13-19-7-6-12-31-16-19/h3-12,14,16,18,22,25,27H,13,15,17H2,1-2H3,(H,32,35). The maximum Gasteiger partial charge on any atom is 0.243 e. The molecule has 1 fully saturated rings. The first-order chi connectivity index (χ1) is 16.8. The molecule has 1 saturated heterocycles. The second kappa shape index (κ2) is 10.8. The molecular formula is C28H29F2N3O2. The molecule has 7 heteroatoms. The highest BCUT2D eigenvalue weighted by molar-refractivity contribution is 5.89. The quantitative estimate of drug-likeness (QED) is 0.535. The Bertz CT molecular complexity index is 1170. The van der Waals surface area contributed by atoms with Gasteiger partial charge in [0.15, 0.2) is 0 Å². The van der Waals surface area contributed by atoms with Gasteiger partial charge in [-0.1, -0.05) is 62.4 Å². The first-order valence-electron chi connectivity index (χ1n) is 11.8. The fourth-order valence-corrected chi connectivity index (χ4v) is 4.52. The normalized spacial score (nSPS) is 18.5. The molecule has 0 spiro atoms. The molecular weight excluding hydrogens is 448 g/mol. The van der Waals surface area contributed by atoms with Crippen LogP contribution in [0.3, 0.4) is 0 Å². The first-order valence-corrected chi connectivity index (χ1v) is 11.8. The van der Waals surface area contributed by atoms with E-state index < -0.39 is 24.2 Å². The molecule has 3 unspecified atom stereocenters. The highest BCUT2D eigenvalue weighted by atomic mass is 19.1. The number of hydrogen-bond acceptors (Lipinski definition) is 3. The second-order valence-electron chi connectivity index (χ2n) is 9.22. The van der Waals surface area contributed by atoms with E-state index in [0.29, 0.717) is 16.7 Å². The van der Waals surface area contributed by atoms with Crippen molar-refractivity contribution >= 4 is 11.8 Å². The van der Waals surface area contributed by atoms with E-state index >= 15 is 0 Å². The summed E-state index contributed by atoms with van der Waals surface area (Å²) in [6, 6.07) is 16.1. The predicted molar refractivity (Wildman–Crippen MR) is 130 cm³/mol. The van der Waals surface area contributed by atoms with Crippen molar-refractivity contribution in [2.75, 3.05) is 6.54 Å². The lowest BCUT2D eigenvalue weighted by Crippen LogP contribution is -2.47. The van der Waals surface area contributed by atoms with Gasteiger partial charge in [0.2, 0.25) is 11.8 Å². The number of amides is 2. The summed E-state index contributed by atoms with van der Waals surface area (Å²) < 4.78 is 29.2. The van der Waals surface area contributed by atoms with E-state index in [-0.39, 0.29) is 37.0 Å². The third kappa shape index (κ3) is 5.73. The van der Waals surface area contributed by atoms with E-state index in [1.54, 1.807) is 36.7 Å². The molecule has 1 aliphatic heterocycles. The summed E-state index contributed by atoms with van der Waals surface area (Å²) in [5.41, 5.74) is 2.63. The number of carbonyl (C=O) groups is 2. The summed E-state index contributed by atoms with van der Waals surface area (Å²) in [4.78, 5) is 31.7. The molecule has 4 rings (SSSR count). The second-order valence-corrected chi connectivity index (χ2v) is 9.22. The van der Waals surface area contributed by atoms with E-state index in [2.05, 4.69) is 10.3 Å². The SMILES string of the molecule is CC(C)c1ccc(C(NC(=O)C2CC(F)CN2C(=O)Cc2cccnc2)c2ccccc2)cc1F. The smallest absolute Gasteiger partial charge is 0.243 e. The van der Waals surface area contributed by atoms with Crippen molar-refractivity contribution < 1.29 is 18.4 Å². The molecule has 0 bridgehead atoms. The number of rotatable bonds is 7. The van der Waals surface area contributed by atoms with Gasteiger partial charge in [0, 0.05) is 18.8 Å². The molecule has 5 nitrogen and oxygen atoms in total. The van der Waals surface area contributed by atoms with E-state index in [4.69, 9.17) is 0 Å². The van der Waals surface area contributed by atoms with Crippen LogP contribution in [0.5, 0.6) is 0 Å². The number of aromatic nitrogens is 1. The monoisotopic (exact) mass is 477 g/mol. The number of benzene rings is 2. The molecule has 1 aromatic heterocycles. The molecule has 3 aromatic rings. The zero-order valence-electron chi connectivity index (χ0n) is 19.8. The van der Waals surface area contributed by atoms with Gasteiger partial charge in [0.25, 0.3) is 0 Å². The Morgan fingerprint density at radius 1 is 1.09 bits per heavy atom. The Labute approximate surface area is 204 Å². The fraction of sp³-hybridized carbons (Fsp3) is 0.321. The first kappa shape index (κ1) is 24.5. The minimum atomic E-state index is -1.29. The maximum atomic E-state index is 14.8. The minimum Gasteiger partial charge on any atom is -0.343 e.